The van der Waals surface area contributed by atoms with Crippen molar-refractivity contribution in [3.63, 3.8) is 0 Å². The summed E-state index contributed by atoms with van der Waals surface area (Å²) in [5.74, 6) is 0.293. The van der Waals surface area contributed by atoms with Crippen molar-refractivity contribution >= 4 is 22.8 Å². The fourth-order valence-corrected chi connectivity index (χ4v) is 1.43. The van der Waals surface area contributed by atoms with Crippen LogP contribution in [0.25, 0.3) is 0 Å². The fourth-order valence-electron chi connectivity index (χ4n) is 1.43. The Hall–Kier alpha value is 0.110. The van der Waals surface area contributed by atoms with Gasteiger partial charge in [-0.05, 0) is 32.9 Å². The number of hydrogen-bond donors (Lipinski definition) is 0. The van der Waals surface area contributed by atoms with Crippen molar-refractivity contribution in [2.45, 2.75) is 26.2 Å². The number of rotatable bonds is 2. The van der Waals surface area contributed by atoms with Crippen LogP contribution in [-0.2, 0) is 4.79 Å². The summed E-state index contributed by atoms with van der Waals surface area (Å²) in [6, 6.07) is 0. The number of hydrogen-bond acceptors (Lipinski definition) is 2. The molecule has 0 bridgehead atoms. The molecule has 0 aliphatic carbocycles. The molecule has 1 aliphatic heterocycles. The molecule has 66 valence electrons. The van der Waals surface area contributed by atoms with E-state index in [0.29, 0.717) is 12.3 Å². The minimum atomic E-state index is 0. The van der Waals surface area contributed by atoms with Gasteiger partial charge in [0.05, 0.1) is 6.54 Å². The molecule has 0 saturated carbocycles. The van der Waals surface area contributed by atoms with Gasteiger partial charge in [-0.1, -0.05) is 6.42 Å². The molecule has 0 amide bonds. The molecule has 1 rings (SSSR count). The van der Waals surface area contributed by atoms with E-state index in [0.717, 1.165) is 13.1 Å². The van der Waals surface area contributed by atoms with E-state index in [1.807, 2.05) is 0 Å². The summed E-state index contributed by atoms with van der Waals surface area (Å²) in [5, 5.41) is 0. The zero-order valence-electron chi connectivity index (χ0n) is 7.01. The lowest BCUT2D eigenvalue weighted by Gasteiger charge is -2.24. The van der Waals surface area contributed by atoms with E-state index < -0.39 is 0 Å². The maximum Gasteiger partial charge on any atom is 0.143 e. The van der Waals surface area contributed by atoms with Gasteiger partial charge in [-0.2, -0.15) is 0 Å². The van der Waals surface area contributed by atoms with Crippen molar-refractivity contribution in [2.75, 3.05) is 19.6 Å². The number of piperidine rings is 1. The van der Waals surface area contributed by atoms with Crippen LogP contribution in [0.2, 0.25) is 0 Å². The summed E-state index contributed by atoms with van der Waals surface area (Å²) in [7, 11) is 0. The number of Topliss-reactive ketones (excluding diaryl/α,β-unsaturated/α-hetero) is 1. The van der Waals surface area contributed by atoms with Crippen LogP contribution >= 0.6 is 17.0 Å². The number of likely N-dealkylation sites (tertiary alicyclic amines) is 1. The fraction of sp³-hybridized carbons (Fsp3) is 0.875. The molecule has 1 fully saturated rings. The summed E-state index contributed by atoms with van der Waals surface area (Å²) < 4.78 is 0. The number of carbonyl (C=O) groups excluding carboxylic acids is 1. The van der Waals surface area contributed by atoms with Gasteiger partial charge in [-0.25, -0.2) is 0 Å². The second kappa shape index (κ2) is 5.72. The van der Waals surface area contributed by atoms with Gasteiger partial charge < -0.3 is 0 Å². The second-order valence-electron chi connectivity index (χ2n) is 3.04. The average molecular weight is 222 g/mol. The molecule has 0 aromatic carbocycles. The Bertz CT molecular complexity index is 121. The zero-order chi connectivity index (χ0) is 7.40. The Labute approximate surface area is 78.7 Å². The van der Waals surface area contributed by atoms with Crippen molar-refractivity contribution in [2.24, 2.45) is 0 Å². The smallest absolute Gasteiger partial charge is 0.143 e. The van der Waals surface area contributed by atoms with E-state index in [4.69, 9.17) is 0 Å². The quantitative estimate of drug-likeness (QED) is 0.707. The standard InChI is InChI=1S/C8H15NO.BrH/c1-8(10)7-9-5-3-2-4-6-9;/h2-7H2,1H3;1H. The van der Waals surface area contributed by atoms with Crippen LogP contribution in [0.1, 0.15) is 26.2 Å². The highest BCUT2D eigenvalue weighted by Gasteiger charge is 2.10. The van der Waals surface area contributed by atoms with Gasteiger partial charge in [0.25, 0.3) is 0 Å². The van der Waals surface area contributed by atoms with Gasteiger partial charge in [-0.3, -0.25) is 9.69 Å². The predicted molar refractivity (Wildman–Crippen MR) is 51.3 cm³/mol. The van der Waals surface area contributed by atoms with E-state index in [1.165, 1.54) is 19.3 Å². The van der Waals surface area contributed by atoms with Gasteiger partial charge in [-0.15, -0.1) is 17.0 Å². The average Bonchev–Trinajstić information content (AvgIpc) is 1.88. The molecular formula is C8H16BrNO. The molecule has 1 aliphatic rings. The minimum absolute atomic E-state index is 0. The van der Waals surface area contributed by atoms with Gasteiger partial charge >= 0.3 is 0 Å². The lowest BCUT2D eigenvalue weighted by atomic mass is 10.1. The van der Waals surface area contributed by atoms with Crippen molar-refractivity contribution in [3.8, 4) is 0 Å². The summed E-state index contributed by atoms with van der Waals surface area (Å²) in [5.41, 5.74) is 0. The SMILES string of the molecule is Br.CC(=O)CN1CCCCC1. The highest BCUT2D eigenvalue weighted by Crippen LogP contribution is 2.07. The zero-order valence-corrected chi connectivity index (χ0v) is 8.72. The third kappa shape index (κ3) is 4.53. The van der Waals surface area contributed by atoms with Crippen molar-refractivity contribution < 1.29 is 4.79 Å². The lowest BCUT2D eigenvalue weighted by molar-refractivity contribution is -0.118. The van der Waals surface area contributed by atoms with E-state index in [1.54, 1.807) is 6.92 Å². The van der Waals surface area contributed by atoms with E-state index >= 15 is 0 Å². The first kappa shape index (κ1) is 11.1. The Morgan fingerprint density at radius 3 is 2.27 bits per heavy atom. The summed E-state index contributed by atoms with van der Waals surface area (Å²) in [6.45, 7) is 4.58. The Morgan fingerprint density at radius 1 is 1.27 bits per heavy atom. The number of ketones is 1. The minimum Gasteiger partial charge on any atom is -0.299 e. The molecule has 11 heavy (non-hydrogen) atoms. The number of carbonyl (C=O) groups is 1. The maximum atomic E-state index is 10.7. The molecular weight excluding hydrogens is 206 g/mol. The summed E-state index contributed by atoms with van der Waals surface area (Å²) in [4.78, 5) is 12.9. The highest BCUT2D eigenvalue weighted by atomic mass is 79.9. The lowest BCUT2D eigenvalue weighted by Crippen LogP contribution is -2.33. The van der Waals surface area contributed by atoms with Crippen molar-refractivity contribution in [3.05, 3.63) is 0 Å². The van der Waals surface area contributed by atoms with Crippen LogP contribution in [0.15, 0.2) is 0 Å². The molecule has 2 nitrogen and oxygen atoms in total. The first-order chi connectivity index (χ1) is 4.79. The summed E-state index contributed by atoms with van der Waals surface area (Å²) in [6.07, 6.45) is 3.88. The van der Waals surface area contributed by atoms with Crippen LogP contribution in [0, 0.1) is 0 Å². The first-order valence-corrected chi connectivity index (χ1v) is 4.01. The van der Waals surface area contributed by atoms with Gasteiger partial charge in [0.1, 0.15) is 5.78 Å². The van der Waals surface area contributed by atoms with Crippen LogP contribution in [0.5, 0.6) is 0 Å². The largest absolute Gasteiger partial charge is 0.299 e. The molecule has 1 heterocycles. The highest BCUT2D eigenvalue weighted by molar-refractivity contribution is 8.93. The van der Waals surface area contributed by atoms with E-state index in [2.05, 4.69) is 4.90 Å². The van der Waals surface area contributed by atoms with Crippen molar-refractivity contribution in [1.29, 1.82) is 0 Å². The Kier molecular flexibility index (Phi) is 5.78. The molecule has 3 heteroatoms. The number of halogens is 1. The topological polar surface area (TPSA) is 20.3 Å². The van der Waals surface area contributed by atoms with E-state index in [-0.39, 0.29) is 17.0 Å². The van der Waals surface area contributed by atoms with Gasteiger partial charge in [0, 0.05) is 0 Å². The van der Waals surface area contributed by atoms with Gasteiger partial charge in [0.2, 0.25) is 0 Å². The molecule has 0 aromatic rings. The molecule has 0 N–H and O–H groups in total. The summed E-state index contributed by atoms with van der Waals surface area (Å²) >= 11 is 0. The monoisotopic (exact) mass is 221 g/mol. The first-order valence-electron chi connectivity index (χ1n) is 4.01. The third-order valence-corrected chi connectivity index (χ3v) is 1.89. The van der Waals surface area contributed by atoms with Crippen LogP contribution in [-0.4, -0.2) is 30.3 Å². The molecule has 0 spiro atoms. The third-order valence-electron chi connectivity index (χ3n) is 1.89. The second-order valence-corrected chi connectivity index (χ2v) is 3.04. The Balaban J connectivity index is 0.000001000. The molecule has 0 unspecified atom stereocenters. The van der Waals surface area contributed by atoms with E-state index in [9.17, 15) is 4.79 Å². The van der Waals surface area contributed by atoms with Crippen molar-refractivity contribution in [1.82, 2.24) is 4.90 Å². The number of nitrogens with zero attached hydrogens (tertiary/aromatic N) is 1. The van der Waals surface area contributed by atoms with Crippen LogP contribution < -0.4 is 0 Å². The molecule has 1 saturated heterocycles. The normalized spacial score (nSPS) is 19.0. The molecule has 0 radical (unpaired) electrons. The molecule has 0 atom stereocenters. The van der Waals surface area contributed by atoms with Gasteiger partial charge in [0.15, 0.2) is 0 Å². The molecule has 0 aromatic heterocycles. The predicted octanol–water partition coefficient (Wildman–Crippen LogP) is 1.64. The van der Waals surface area contributed by atoms with Crippen LogP contribution in [0.4, 0.5) is 0 Å². The maximum absolute atomic E-state index is 10.7. The Morgan fingerprint density at radius 2 is 1.82 bits per heavy atom. The van der Waals surface area contributed by atoms with Crippen LogP contribution in [0.3, 0.4) is 0 Å².